The van der Waals surface area contributed by atoms with E-state index in [2.05, 4.69) is 24.5 Å². The van der Waals surface area contributed by atoms with Crippen LogP contribution in [0.25, 0.3) is 21.9 Å². The zero-order chi connectivity index (χ0) is 21.6. The van der Waals surface area contributed by atoms with Crippen LogP contribution >= 0.6 is 0 Å². The van der Waals surface area contributed by atoms with Gasteiger partial charge in [0.15, 0.2) is 0 Å². The van der Waals surface area contributed by atoms with Gasteiger partial charge in [-0.1, -0.05) is 44.7 Å². The van der Waals surface area contributed by atoms with Crippen molar-refractivity contribution >= 4 is 39.3 Å². The van der Waals surface area contributed by atoms with E-state index in [-0.39, 0.29) is 11.9 Å². The molecule has 4 rings (SSSR count). The minimum atomic E-state index is -0.0319. The van der Waals surface area contributed by atoms with Crippen LogP contribution < -0.4 is 10.6 Å². The first-order valence-electron chi connectivity index (χ1n) is 11.1. The number of pyridine rings is 1. The van der Waals surface area contributed by atoms with Crippen molar-refractivity contribution in [2.45, 2.75) is 52.0 Å². The molecule has 0 spiro atoms. The Morgan fingerprint density at radius 2 is 1.81 bits per heavy atom. The van der Waals surface area contributed by atoms with E-state index in [0.717, 1.165) is 46.2 Å². The number of carbonyl (C=O) groups excluding carboxylic acids is 1. The Kier molecular flexibility index (Phi) is 6.51. The fourth-order valence-electron chi connectivity index (χ4n) is 3.84. The highest BCUT2D eigenvalue weighted by molar-refractivity contribution is 6.07. The largest absolute Gasteiger partial charge is 0.463 e. The number of unbranched alkanes of at least 4 members (excludes halogenated alkanes) is 3. The predicted octanol–water partition coefficient (Wildman–Crippen LogP) is 6.81. The van der Waals surface area contributed by atoms with Gasteiger partial charge in [0.1, 0.15) is 11.4 Å². The Morgan fingerprint density at radius 3 is 2.61 bits per heavy atom. The Morgan fingerprint density at radius 1 is 1.00 bits per heavy atom. The highest BCUT2D eigenvalue weighted by Crippen LogP contribution is 2.31. The number of anilines is 2. The Balaban J connectivity index is 1.44. The average Bonchev–Trinajstić information content (AvgIpc) is 3.28. The first-order chi connectivity index (χ1) is 15.2. The van der Waals surface area contributed by atoms with E-state index >= 15 is 0 Å². The molecule has 2 aromatic heterocycles. The molecule has 0 fully saturated rings. The lowest BCUT2D eigenvalue weighted by Gasteiger charge is -2.14. The van der Waals surface area contributed by atoms with Gasteiger partial charge in [-0.3, -0.25) is 4.79 Å². The molecule has 0 aliphatic carbocycles. The van der Waals surface area contributed by atoms with E-state index in [0.29, 0.717) is 5.56 Å². The lowest BCUT2D eigenvalue weighted by molar-refractivity contribution is 0.0938. The third-order valence-electron chi connectivity index (χ3n) is 5.58. The standard InChI is InChI=1S/C26H29N3O2/c1-3-4-5-6-9-18(2)27-26(30)19-12-14-20(15-13-19)28-25-22-16-17-31-24(22)21-10-7-8-11-23(21)29-25/h7-8,10-18H,3-6,9H2,1-2H3,(H,27,30)(H,28,29)/t18-/m0/s1. The van der Waals surface area contributed by atoms with Crippen molar-refractivity contribution in [3.05, 3.63) is 66.4 Å². The summed E-state index contributed by atoms with van der Waals surface area (Å²) in [7, 11) is 0. The molecular weight excluding hydrogens is 386 g/mol. The minimum absolute atomic E-state index is 0.0319. The molecule has 1 amide bonds. The molecule has 4 aromatic rings. The van der Waals surface area contributed by atoms with E-state index in [1.54, 1.807) is 6.26 Å². The maximum absolute atomic E-state index is 12.5. The maximum atomic E-state index is 12.5. The number of para-hydroxylation sites is 1. The van der Waals surface area contributed by atoms with Crippen LogP contribution in [-0.2, 0) is 0 Å². The zero-order valence-corrected chi connectivity index (χ0v) is 18.2. The molecule has 0 saturated heterocycles. The van der Waals surface area contributed by atoms with Gasteiger partial charge in [0.25, 0.3) is 5.91 Å². The van der Waals surface area contributed by atoms with Gasteiger partial charge in [-0.2, -0.15) is 0 Å². The molecule has 5 heteroatoms. The number of benzene rings is 2. The summed E-state index contributed by atoms with van der Waals surface area (Å²) in [6, 6.07) is 17.5. The molecule has 0 unspecified atom stereocenters. The monoisotopic (exact) mass is 415 g/mol. The lowest BCUT2D eigenvalue weighted by atomic mass is 10.1. The van der Waals surface area contributed by atoms with Gasteiger partial charge < -0.3 is 15.1 Å². The van der Waals surface area contributed by atoms with Crippen LogP contribution in [-0.4, -0.2) is 16.9 Å². The third-order valence-corrected chi connectivity index (χ3v) is 5.58. The molecule has 2 N–H and O–H groups in total. The molecule has 160 valence electrons. The quantitative estimate of drug-likeness (QED) is 0.295. The SMILES string of the molecule is CCCCCC[C@H](C)NC(=O)c1ccc(Nc2nc3ccccc3c3occc23)cc1. The maximum Gasteiger partial charge on any atom is 0.251 e. The number of hydrogen-bond acceptors (Lipinski definition) is 4. The third kappa shape index (κ3) is 4.88. The van der Waals surface area contributed by atoms with Crippen molar-refractivity contribution in [1.29, 1.82) is 0 Å². The highest BCUT2D eigenvalue weighted by atomic mass is 16.3. The first-order valence-corrected chi connectivity index (χ1v) is 11.1. The van der Waals surface area contributed by atoms with Crippen molar-refractivity contribution < 1.29 is 9.21 Å². The van der Waals surface area contributed by atoms with Crippen LogP contribution in [0.3, 0.4) is 0 Å². The topological polar surface area (TPSA) is 67.2 Å². The molecule has 5 nitrogen and oxygen atoms in total. The fraction of sp³-hybridized carbons (Fsp3) is 0.308. The summed E-state index contributed by atoms with van der Waals surface area (Å²) in [6.07, 6.45) is 7.55. The average molecular weight is 416 g/mol. The lowest BCUT2D eigenvalue weighted by Crippen LogP contribution is -2.32. The van der Waals surface area contributed by atoms with Crippen molar-refractivity contribution in [3.63, 3.8) is 0 Å². The summed E-state index contributed by atoms with van der Waals surface area (Å²) in [5.41, 5.74) is 3.22. The van der Waals surface area contributed by atoms with Crippen LogP contribution in [0.4, 0.5) is 11.5 Å². The number of amides is 1. The fourth-order valence-corrected chi connectivity index (χ4v) is 3.84. The van der Waals surface area contributed by atoms with Gasteiger partial charge in [-0.05, 0) is 55.8 Å². The summed E-state index contributed by atoms with van der Waals surface area (Å²) in [5, 5.41) is 8.39. The number of hydrogen-bond donors (Lipinski definition) is 2. The van der Waals surface area contributed by atoms with Crippen molar-refractivity contribution in [1.82, 2.24) is 10.3 Å². The van der Waals surface area contributed by atoms with Crippen molar-refractivity contribution in [2.75, 3.05) is 5.32 Å². The van der Waals surface area contributed by atoms with Crippen LogP contribution in [0.15, 0.2) is 65.3 Å². The van der Waals surface area contributed by atoms with E-state index in [1.807, 2.05) is 54.6 Å². The van der Waals surface area contributed by atoms with Crippen molar-refractivity contribution in [2.24, 2.45) is 0 Å². The van der Waals surface area contributed by atoms with Crippen LogP contribution in [0, 0.1) is 0 Å². The molecule has 2 heterocycles. The Hall–Kier alpha value is -3.34. The van der Waals surface area contributed by atoms with Gasteiger partial charge in [-0.25, -0.2) is 4.98 Å². The van der Waals surface area contributed by atoms with Gasteiger partial charge in [0.2, 0.25) is 0 Å². The second-order valence-electron chi connectivity index (χ2n) is 8.07. The number of nitrogens with one attached hydrogen (secondary N) is 2. The Bertz CT molecular complexity index is 1160. The number of furan rings is 1. The van der Waals surface area contributed by atoms with Crippen LogP contribution in [0.2, 0.25) is 0 Å². The number of carbonyl (C=O) groups is 1. The number of aromatic nitrogens is 1. The molecule has 0 radical (unpaired) electrons. The van der Waals surface area contributed by atoms with Gasteiger partial charge in [-0.15, -0.1) is 0 Å². The molecule has 1 atom stereocenters. The Labute approximate surface area is 182 Å². The summed E-state index contributed by atoms with van der Waals surface area (Å²) in [6.45, 7) is 4.28. The van der Waals surface area contributed by atoms with Gasteiger partial charge in [0, 0.05) is 22.7 Å². The summed E-state index contributed by atoms with van der Waals surface area (Å²) < 4.78 is 5.71. The van der Waals surface area contributed by atoms with Gasteiger partial charge in [0.05, 0.1) is 17.2 Å². The molecule has 2 aromatic carbocycles. The van der Waals surface area contributed by atoms with E-state index in [1.165, 1.54) is 19.3 Å². The summed E-state index contributed by atoms with van der Waals surface area (Å²) in [5.74, 6) is 0.705. The normalized spacial score (nSPS) is 12.2. The van der Waals surface area contributed by atoms with E-state index < -0.39 is 0 Å². The molecule has 0 aliphatic rings. The second-order valence-corrected chi connectivity index (χ2v) is 8.07. The van der Waals surface area contributed by atoms with Gasteiger partial charge >= 0.3 is 0 Å². The second kappa shape index (κ2) is 9.65. The summed E-state index contributed by atoms with van der Waals surface area (Å²) >= 11 is 0. The zero-order valence-electron chi connectivity index (χ0n) is 18.2. The number of fused-ring (bicyclic) bond motifs is 3. The number of rotatable bonds is 9. The molecular formula is C26H29N3O2. The summed E-state index contributed by atoms with van der Waals surface area (Å²) in [4.78, 5) is 17.3. The minimum Gasteiger partial charge on any atom is -0.463 e. The molecule has 0 aliphatic heterocycles. The van der Waals surface area contributed by atoms with Crippen molar-refractivity contribution in [3.8, 4) is 0 Å². The van der Waals surface area contributed by atoms with E-state index in [9.17, 15) is 4.79 Å². The molecule has 0 bridgehead atoms. The number of nitrogens with zero attached hydrogens (tertiary/aromatic N) is 1. The van der Waals surface area contributed by atoms with E-state index in [4.69, 9.17) is 9.40 Å². The van der Waals surface area contributed by atoms with Crippen LogP contribution in [0.5, 0.6) is 0 Å². The predicted molar refractivity (Wildman–Crippen MR) is 127 cm³/mol. The smallest absolute Gasteiger partial charge is 0.251 e. The highest BCUT2D eigenvalue weighted by Gasteiger charge is 2.12. The molecule has 31 heavy (non-hydrogen) atoms. The van der Waals surface area contributed by atoms with Crippen LogP contribution in [0.1, 0.15) is 56.3 Å². The first kappa shape index (κ1) is 20.9. The molecule has 0 saturated carbocycles.